The Morgan fingerprint density at radius 3 is 2.46 bits per heavy atom. The quantitative estimate of drug-likeness (QED) is 0.171. The van der Waals surface area contributed by atoms with Crippen LogP contribution in [0.5, 0.6) is 0 Å². The van der Waals surface area contributed by atoms with Crippen LogP contribution in [0.1, 0.15) is 16.1 Å². The number of hydrogen-bond donors (Lipinski definition) is 1. The fourth-order valence-electron chi connectivity index (χ4n) is 2.12. The Morgan fingerprint density at radius 2 is 1.83 bits per heavy atom. The van der Waals surface area contributed by atoms with Gasteiger partial charge in [-0.05, 0) is 12.1 Å². The highest BCUT2D eigenvalue weighted by molar-refractivity contribution is 5.90. The van der Waals surface area contributed by atoms with Crippen molar-refractivity contribution in [3.8, 4) is 0 Å². The maximum atomic E-state index is 12.4. The molecular weight excluding hydrogens is 314 g/mol. The highest BCUT2D eigenvalue weighted by Crippen LogP contribution is 2.12. The first-order valence-electron chi connectivity index (χ1n) is 6.77. The molecule has 2 aromatic heterocycles. The van der Waals surface area contributed by atoms with E-state index in [4.69, 9.17) is 0 Å². The lowest BCUT2D eigenvalue weighted by atomic mass is 10.3. The molecule has 0 saturated heterocycles. The number of fused-ring (bicyclic) bond motifs is 1. The van der Waals surface area contributed by atoms with E-state index < -0.39 is 17.4 Å². The molecule has 0 aliphatic rings. The summed E-state index contributed by atoms with van der Waals surface area (Å²) in [5.74, 6) is -1.14. The lowest BCUT2D eigenvalue weighted by Gasteiger charge is -2.13. The molecule has 0 amide bonds. The zero-order valence-electron chi connectivity index (χ0n) is 12.1. The second-order valence-corrected chi connectivity index (χ2v) is 4.70. The van der Waals surface area contributed by atoms with Crippen molar-refractivity contribution in [2.45, 2.75) is 0 Å². The number of anilines is 1. The van der Waals surface area contributed by atoms with Gasteiger partial charge in [-0.25, -0.2) is 4.73 Å². The van der Waals surface area contributed by atoms with E-state index in [1.54, 1.807) is 18.2 Å². The van der Waals surface area contributed by atoms with E-state index in [-0.39, 0.29) is 22.9 Å². The molecule has 0 spiro atoms. The van der Waals surface area contributed by atoms with Crippen LogP contribution in [0, 0.1) is 10.4 Å². The Bertz CT molecular complexity index is 943. The first kappa shape index (κ1) is 15.2. The molecule has 2 heterocycles. The molecule has 9 heteroatoms. The standard InChI is InChI=1S/C15H11N5O4/c21-9-13-14(17-18-15(22)10-4-3-7-16-8-10)20(24)12-6-2-1-5-11(12)19(13)23/h1-9,17H,(H,18,22)/p-1. The summed E-state index contributed by atoms with van der Waals surface area (Å²) in [6.07, 6.45) is 3.01. The summed E-state index contributed by atoms with van der Waals surface area (Å²) in [6.45, 7) is 0. The Balaban J connectivity index is 2.09. The molecule has 1 N–H and O–H groups in total. The van der Waals surface area contributed by atoms with Crippen molar-refractivity contribution in [2.24, 2.45) is 5.10 Å². The van der Waals surface area contributed by atoms with Crippen LogP contribution in [0.25, 0.3) is 11.0 Å². The average molecular weight is 324 g/mol. The van der Waals surface area contributed by atoms with Crippen molar-refractivity contribution in [1.29, 1.82) is 0 Å². The number of benzene rings is 1. The van der Waals surface area contributed by atoms with Gasteiger partial charge >= 0.3 is 11.5 Å². The van der Waals surface area contributed by atoms with Crippen molar-refractivity contribution in [3.63, 3.8) is 0 Å². The fraction of sp³-hybridized carbons (Fsp3) is 0. The van der Waals surface area contributed by atoms with Crippen LogP contribution in [-0.4, -0.2) is 17.2 Å². The molecule has 0 radical (unpaired) electrons. The Kier molecular flexibility index (Phi) is 3.89. The molecular formula is C15H10N5O4-. The Morgan fingerprint density at radius 1 is 1.12 bits per heavy atom. The van der Waals surface area contributed by atoms with Crippen LogP contribution in [0.2, 0.25) is 0 Å². The number of rotatable bonds is 4. The molecule has 0 aliphatic heterocycles. The molecule has 9 nitrogen and oxygen atoms in total. The van der Waals surface area contributed by atoms with Gasteiger partial charge in [-0.1, -0.05) is 18.2 Å². The first-order valence-corrected chi connectivity index (χ1v) is 6.77. The summed E-state index contributed by atoms with van der Waals surface area (Å²) in [7, 11) is 0. The second-order valence-electron chi connectivity index (χ2n) is 4.70. The minimum absolute atomic E-state index is 0.0266. The minimum atomic E-state index is -0.703. The van der Waals surface area contributed by atoms with Gasteiger partial charge in [0.15, 0.2) is 0 Å². The highest BCUT2D eigenvalue weighted by Gasteiger charge is 2.26. The van der Waals surface area contributed by atoms with Crippen molar-refractivity contribution in [2.75, 3.05) is 5.43 Å². The first-order chi connectivity index (χ1) is 11.6. The third-order valence-corrected chi connectivity index (χ3v) is 3.27. The predicted octanol–water partition coefficient (Wildman–Crippen LogP) is -0.552. The van der Waals surface area contributed by atoms with E-state index in [0.717, 1.165) is 0 Å². The van der Waals surface area contributed by atoms with Gasteiger partial charge in [-0.15, -0.1) is 10.5 Å². The molecule has 3 rings (SSSR count). The molecule has 0 fully saturated rings. The SMILES string of the molecule is O=Cc1c(NN=C([O-])c2cccnc2)[n+]([O-])c2ccccc2[n+]1[O-]. The molecule has 0 atom stereocenters. The zero-order valence-corrected chi connectivity index (χ0v) is 12.1. The summed E-state index contributed by atoms with van der Waals surface area (Å²) in [5.41, 5.74) is 1.97. The molecule has 0 bridgehead atoms. The van der Waals surface area contributed by atoms with Crippen molar-refractivity contribution in [1.82, 2.24) is 4.98 Å². The van der Waals surface area contributed by atoms with Crippen molar-refractivity contribution in [3.05, 3.63) is 70.5 Å². The van der Waals surface area contributed by atoms with Crippen molar-refractivity contribution >= 4 is 29.0 Å². The maximum Gasteiger partial charge on any atom is 0.381 e. The molecule has 120 valence electrons. The van der Waals surface area contributed by atoms with Gasteiger partial charge in [-0.3, -0.25) is 9.78 Å². The number of nitrogens with zero attached hydrogens (tertiary/aromatic N) is 4. The van der Waals surface area contributed by atoms with E-state index in [9.17, 15) is 20.3 Å². The molecule has 24 heavy (non-hydrogen) atoms. The number of aromatic nitrogens is 3. The van der Waals surface area contributed by atoms with Gasteiger partial charge in [0, 0.05) is 29.9 Å². The second kappa shape index (κ2) is 6.16. The number of nitrogens with one attached hydrogen (secondary N) is 1. The zero-order chi connectivity index (χ0) is 17.1. The van der Waals surface area contributed by atoms with Crippen LogP contribution in [0.4, 0.5) is 5.82 Å². The topological polar surface area (TPSA) is 131 Å². The summed E-state index contributed by atoms with van der Waals surface area (Å²) < 4.78 is 0.649. The smallest absolute Gasteiger partial charge is 0.381 e. The van der Waals surface area contributed by atoms with E-state index in [1.165, 1.54) is 30.6 Å². The fourth-order valence-corrected chi connectivity index (χ4v) is 2.12. The maximum absolute atomic E-state index is 12.4. The Hall–Kier alpha value is -3.75. The average Bonchev–Trinajstić information content (AvgIpc) is 2.64. The lowest BCUT2D eigenvalue weighted by Crippen LogP contribution is -2.44. The number of carbonyl (C=O) groups excluding carboxylic acids is 1. The van der Waals surface area contributed by atoms with Gasteiger partial charge < -0.3 is 15.5 Å². The number of para-hydroxylation sites is 2. The largest absolute Gasteiger partial charge is 0.856 e. The third kappa shape index (κ3) is 2.54. The van der Waals surface area contributed by atoms with Crippen LogP contribution in [-0.2, 0) is 0 Å². The normalized spacial score (nSPS) is 11.4. The third-order valence-electron chi connectivity index (χ3n) is 3.27. The number of hydrogen-bond acceptors (Lipinski definition) is 7. The molecule has 0 saturated carbocycles. The minimum Gasteiger partial charge on any atom is -0.856 e. The number of hydrazone groups is 1. The Labute approximate surface area is 135 Å². The van der Waals surface area contributed by atoms with Crippen LogP contribution < -0.4 is 20.0 Å². The number of aldehydes is 1. The van der Waals surface area contributed by atoms with Gasteiger partial charge in [-0.2, -0.15) is 4.73 Å². The van der Waals surface area contributed by atoms with Crippen LogP contribution in [0.3, 0.4) is 0 Å². The van der Waals surface area contributed by atoms with Gasteiger partial charge in [0.05, 0.1) is 0 Å². The van der Waals surface area contributed by atoms with Crippen molar-refractivity contribution < 1.29 is 19.4 Å². The molecule has 0 unspecified atom stereocenters. The van der Waals surface area contributed by atoms with E-state index >= 15 is 0 Å². The summed E-state index contributed by atoms with van der Waals surface area (Å²) in [4.78, 5) is 15.0. The number of pyridine rings is 1. The van der Waals surface area contributed by atoms with E-state index in [0.29, 0.717) is 9.46 Å². The predicted molar refractivity (Wildman–Crippen MR) is 81.7 cm³/mol. The summed E-state index contributed by atoms with van der Waals surface area (Å²) in [5, 5.41) is 40.0. The van der Waals surface area contributed by atoms with Gasteiger partial charge in [0.1, 0.15) is 0 Å². The molecule has 0 aliphatic carbocycles. The molecule has 1 aromatic carbocycles. The monoisotopic (exact) mass is 324 g/mol. The van der Waals surface area contributed by atoms with Crippen LogP contribution >= 0.6 is 0 Å². The van der Waals surface area contributed by atoms with Crippen LogP contribution in [0.15, 0.2) is 53.9 Å². The molecule has 3 aromatic rings. The van der Waals surface area contributed by atoms with Gasteiger partial charge in [0.25, 0.3) is 5.52 Å². The van der Waals surface area contributed by atoms with Gasteiger partial charge in [0.2, 0.25) is 11.8 Å². The van der Waals surface area contributed by atoms with E-state index in [1.807, 2.05) is 0 Å². The summed E-state index contributed by atoms with van der Waals surface area (Å²) in [6, 6.07) is 8.99. The highest BCUT2D eigenvalue weighted by atomic mass is 16.5. The lowest BCUT2D eigenvalue weighted by molar-refractivity contribution is -0.619. The van der Waals surface area contributed by atoms with E-state index in [2.05, 4.69) is 15.5 Å². The summed E-state index contributed by atoms with van der Waals surface area (Å²) >= 11 is 0. The number of carbonyl (C=O) groups is 1.